The molecule has 3 nitrogen and oxygen atoms in total. The summed E-state index contributed by atoms with van der Waals surface area (Å²) >= 11 is 0. The quantitative estimate of drug-likeness (QED) is 0.495. The van der Waals surface area contributed by atoms with E-state index in [-0.39, 0.29) is 0 Å². The number of aliphatic hydroxyl groups excluding tert-OH is 1. The third kappa shape index (κ3) is 3.10. The Hall–Kier alpha value is -2.65. The number of aryl methyl sites for hydroxylation is 1. The second-order valence-electron chi connectivity index (χ2n) is 8.31. The lowest BCUT2D eigenvalue weighted by atomic mass is 9.76. The van der Waals surface area contributed by atoms with Crippen LogP contribution in [0.25, 0.3) is 16.3 Å². The van der Waals surface area contributed by atoms with Gasteiger partial charge in [-0.2, -0.15) is 0 Å². The van der Waals surface area contributed by atoms with E-state index in [9.17, 15) is 5.11 Å². The van der Waals surface area contributed by atoms with Gasteiger partial charge in [0, 0.05) is 0 Å². The Labute approximate surface area is 165 Å². The van der Waals surface area contributed by atoms with E-state index >= 15 is 0 Å². The highest BCUT2D eigenvalue weighted by Gasteiger charge is 2.29. The predicted octanol–water partition coefficient (Wildman–Crippen LogP) is 5.80. The predicted molar refractivity (Wildman–Crippen MR) is 114 cm³/mol. The lowest BCUT2D eigenvalue weighted by Gasteiger charge is -2.32. The van der Waals surface area contributed by atoms with Gasteiger partial charge in [0.05, 0.1) is 29.8 Å². The number of hydrogen-bond acceptors (Lipinski definition) is 2. The van der Waals surface area contributed by atoms with Crippen molar-refractivity contribution in [3.05, 3.63) is 83.9 Å². The second-order valence-corrected chi connectivity index (χ2v) is 8.31. The van der Waals surface area contributed by atoms with E-state index in [0.717, 1.165) is 36.9 Å². The van der Waals surface area contributed by atoms with Gasteiger partial charge >= 0.3 is 0 Å². The minimum absolute atomic E-state index is 0.309. The fourth-order valence-corrected chi connectivity index (χ4v) is 4.90. The first kappa shape index (κ1) is 17.4. The van der Waals surface area contributed by atoms with Crippen LogP contribution in [0.5, 0.6) is 0 Å². The van der Waals surface area contributed by atoms with Crippen molar-refractivity contribution in [3.63, 3.8) is 0 Å². The number of aliphatic hydroxyl groups is 1. The highest BCUT2D eigenvalue weighted by molar-refractivity contribution is 5.83. The first-order valence-corrected chi connectivity index (χ1v) is 10.3. The van der Waals surface area contributed by atoms with Crippen molar-refractivity contribution >= 4 is 16.3 Å². The largest absolute Gasteiger partial charge is 0.387 e. The SMILES string of the molecule is Cc1cc([C@@H](O)C2CCC(c3ccc4ccccc4c3)CC2)n2cncc2c1. The van der Waals surface area contributed by atoms with Gasteiger partial charge in [0.2, 0.25) is 0 Å². The van der Waals surface area contributed by atoms with Crippen LogP contribution in [0.1, 0.15) is 54.5 Å². The Kier molecular flexibility index (Phi) is 4.40. The third-order valence-corrected chi connectivity index (χ3v) is 6.46. The minimum atomic E-state index is -0.436. The van der Waals surface area contributed by atoms with Crippen molar-refractivity contribution in [1.82, 2.24) is 9.38 Å². The molecule has 1 atom stereocenters. The fraction of sp³-hybridized carbons (Fsp3) is 0.320. The number of pyridine rings is 1. The topological polar surface area (TPSA) is 37.5 Å². The summed E-state index contributed by atoms with van der Waals surface area (Å²) in [6.07, 6.45) is 7.63. The Bertz CT molecular complexity index is 1120. The van der Waals surface area contributed by atoms with Gasteiger partial charge in [-0.15, -0.1) is 0 Å². The van der Waals surface area contributed by atoms with Crippen LogP contribution in [0.15, 0.2) is 67.1 Å². The Morgan fingerprint density at radius 1 is 0.964 bits per heavy atom. The zero-order valence-electron chi connectivity index (χ0n) is 16.3. The maximum Gasteiger partial charge on any atom is 0.0995 e. The molecule has 3 heteroatoms. The number of benzene rings is 2. The maximum absolute atomic E-state index is 11.1. The van der Waals surface area contributed by atoms with Gasteiger partial charge in [0.25, 0.3) is 0 Å². The van der Waals surface area contributed by atoms with Crippen LogP contribution in [-0.4, -0.2) is 14.5 Å². The molecule has 4 aromatic rings. The van der Waals surface area contributed by atoms with Gasteiger partial charge in [0.1, 0.15) is 0 Å². The second kappa shape index (κ2) is 7.06. The summed E-state index contributed by atoms with van der Waals surface area (Å²) < 4.78 is 2.03. The number of nitrogens with zero attached hydrogens (tertiary/aromatic N) is 2. The van der Waals surface area contributed by atoms with E-state index in [1.165, 1.54) is 21.9 Å². The molecule has 1 N–H and O–H groups in total. The molecule has 2 aromatic carbocycles. The summed E-state index contributed by atoms with van der Waals surface area (Å²) in [5, 5.41) is 13.8. The molecule has 142 valence electrons. The normalized spacial score (nSPS) is 21.2. The van der Waals surface area contributed by atoms with Crippen LogP contribution >= 0.6 is 0 Å². The average molecular weight is 370 g/mol. The molecular weight excluding hydrogens is 344 g/mol. The zero-order chi connectivity index (χ0) is 19.1. The molecule has 0 saturated heterocycles. The average Bonchev–Trinajstić information content (AvgIpc) is 3.21. The molecule has 2 aromatic heterocycles. The van der Waals surface area contributed by atoms with Crippen LogP contribution in [0.2, 0.25) is 0 Å². The minimum Gasteiger partial charge on any atom is -0.387 e. The highest BCUT2D eigenvalue weighted by Crippen LogP contribution is 2.41. The number of fused-ring (bicyclic) bond motifs is 2. The van der Waals surface area contributed by atoms with E-state index < -0.39 is 6.10 Å². The fourth-order valence-electron chi connectivity index (χ4n) is 4.90. The summed E-state index contributed by atoms with van der Waals surface area (Å²) in [5.74, 6) is 0.905. The van der Waals surface area contributed by atoms with Gasteiger partial charge in [-0.3, -0.25) is 0 Å². The number of hydrogen-bond donors (Lipinski definition) is 1. The maximum atomic E-state index is 11.1. The van der Waals surface area contributed by atoms with Crippen molar-refractivity contribution < 1.29 is 5.11 Å². The summed E-state index contributed by atoms with van der Waals surface area (Å²) in [7, 11) is 0. The molecule has 0 radical (unpaired) electrons. The summed E-state index contributed by atoms with van der Waals surface area (Å²) in [5.41, 5.74) is 4.65. The van der Waals surface area contributed by atoms with Crippen LogP contribution in [0.4, 0.5) is 0 Å². The van der Waals surface area contributed by atoms with E-state index in [1.807, 2.05) is 16.9 Å². The van der Waals surface area contributed by atoms with Gasteiger partial charge in [0.15, 0.2) is 0 Å². The zero-order valence-corrected chi connectivity index (χ0v) is 16.3. The lowest BCUT2D eigenvalue weighted by molar-refractivity contribution is 0.0762. The van der Waals surface area contributed by atoms with E-state index in [1.54, 1.807) is 0 Å². The van der Waals surface area contributed by atoms with Crippen LogP contribution in [-0.2, 0) is 0 Å². The molecule has 0 spiro atoms. The third-order valence-electron chi connectivity index (χ3n) is 6.46. The van der Waals surface area contributed by atoms with Gasteiger partial charge in [-0.1, -0.05) is 42.5 Å². The first-order valence-electron chi connectivity index (χ1n) is 10.3. The monoisotopic (exact) mass is 370 g/mol. The van der Waals surface area contributed by atoms with Gasteiger partial charge < -0.3 is 9.51 Å². The van der Waals surface area contributed by atoms with E-state index in [4.69, 9.17) is 0 Å². The van der Waals surface area contributed by atoms with Crippen LogP contribution in [0, 0.1) is 12.8 Å². The molecule has 0 bridgehead atoms. The standard InChI is InChI=1S/C25H26N2O/c1-17-12-23-15-26-16-27(23)24(13-17)25(28)20-9-6-19(7-10-20)22-11-8-18-4-2-3-5-21(18)14-22/h2-5,8,11-16,19-20,25,28H,6-7,9-10H2,1H3/t19?,20?,25-/m0/s1. The number of imidazole rings is 1. The lowest BCUT2D eigenvalue weighted by Crippen LogP contribution is -2.21. The first-order chi connectivity index (χ1) is 13.7. The van der Waals surface area contributed by atoms with Crippen molar-refractivity contribution in [2.24, 2.45) is 5.92 Å². The molecule has 5 rings (SSSR count). The summed E-state index contributed by atoms with van der Waals surface area (Å²) in [4.78, 5) is 4.26. The molecule has 1 aliphatic carbocycles. The van der Waals surface area contributed by atoms with Crippen molar-refractivity contribution in [3.8, 4) is 0 Å². The van der Waals surface area contributed by atoms with Crippen molar-refractivity contribution in [1.29, 1.82) is 0 Å². The molecule has 1 aliphatic rings. The van der Waals surface area contributed by atoms with E-state index in [2.05, 4.69) is 66.5 Å². The molecule has 0 unspecified atom stereocenters. The molecule has 1 fully saturated rings. The van der Waals surface area contributed by atoms with Crippen molar-refractivity contribution in [2.45, 2.75) is 44.6 Å². The number of rotatable bonds is 3. The van der Waals surface area contributed by atoms with E-state index in [0.29, 0.717) is 11.8 Å². The molecule has 28 heavy (non-hydrogen) atoms. The van der Waals surface area contributed by atoms with Crippen LogP contribution in [0.3, 0.4) is 0 Å². The summed E-state index contributed by atoms with van der Waals surface area (Å²) in [6.45, 7) is 2.08. The van der Waals surface area contributed by atoms with Crippen LogP contribution < -0.4 is 0 Å². The van der Waals surface area contributed by atoms with Gasteiger partial charge in [-0.05, 0) is 78.5 Å². The Morgan fingerprint density at radius 2 is 1.75 bits per heavy atom. The Balaban J connectivity index is 1.34. The molecule has 0 amide bonds. The highest BCUT2D eigenvalue weighted by atomic mass is 16.3. The summed E-state index contributed by atoms with van der Waals surface area (Å²) in [6, 6.07) is 19.7. The van der Waals surface area contributed by atoms with Gasteiger partial charge in [-0.25, -0.2) is 4.98 Å². The Morgan fingerprint density at radius 3 is 2.57 bits per heavy atom. The molecular formula is C25H26N2O. The van der Waals surface area contributed by atoms with Crippen molar-refractivity contribution in [2.75, 3.05) is 0 Å². The smallest absolute Gasteiger partial charge is 0.0995 e. The molecule has 1 saturated carbocycles. The number of aromatic nitrogens is 2. The molecule has 0 aliphatic heterocycles. The molecule has 2 heterocycles.